The van der Waals surface area contributed by atoms with Crippen LogP contribution >= 0.6 is 66.1 Å². The number of rotatable bonds is 2. The second-order valence-corrected chi connectivity index (χ2v) is 8.18. The maximum absolute atomic E-state index is 11.5. The Balaban J connectivity index is 2.06. The number of fused-ring (bicyclic) bond motifs is 1. The van der Waals surface area contributed by atoms with Gasteiger partial charge in [0.15, 0.2) is 0 Å². The summed E-state index contributed by atoms with van der Waals surface area (Å²) in [4.78, 5) is 11.5. The molecule has 2 aromatic rings. The van der Waals surface area contributed by atoms with Crippen LogP contribution in [-0.2, 0) is 11.2 Å². The molecule has 0 spiro atoms. The van der Waals surface area contributed by atoms with E-state index in [9.17, 15) is 4.79 Å². The van der Waals surface area contributed by atoms with E-state index >= 15 is 0 Å². The van der Waals surface area contributed by atoms with Crippen molar-refractivity contribution in [2.75, 3.05) is 5.32 Å². The number of hydrogen-bond acceptors (Lipinski definition) is 1. The quantitative estimate of drug-likeness (QED) is 0.385. The zero-order valence-corrected chi connectivity index (χ0v) is 16.7. The highest BCUT2D eigenvalue weighted by Crippen LogP contribution is 2.41. The van der Waals surface area contributed by atoms with Gasteiger partial charge in [-0.25, -0.2) is 0 Å². The topological polar surface area (TPSA) is 29.1 Å². The zero-order chi connectivity index (χ0) is 15.1. The lowest BCUT2D eigenvalue weighted by Gasteiger charge is -2.16. The van der Waals surface area contributed by atoms with Gasteiger partial charge >= 0.3 is 0 Å². The van der Waals surface area contributed by atoms with E-state index in [1.807, 2.05) is 18.2 Å². The summed E-state index contributed by atoms with van der Waals surface area (Å²) >= 11 is 15.9. The Morgan fingerprint density at radius 1 is 1.24 bits per heavy atom. The summed E-state index contributed by atoms with van der Waals surface area (Å²) in [6.07, 6.45) is 0.412. The Labute approximate surface area is 158 Å². The lowest BCUT2D eigenvalue weighted by Crippen LogP contribution is -2.03. The van der Waals surface area contributed by atoms with Crippen molar-refractivity contribution >= 4 is 77.6 Å². The fraction of sp³-hybridized carbons (Fsp3) is 0.133. The van der Waals surface area contributed by atoms with Crippen LogP contribution in [0.25, 0.3) is 0 Å². The molecule has 1 amide bonds. The Kier molecular flexibility index (Phi) is 4.64. The molecule has 108 valence electrons. The molecule has 3 rings (SSSR count). The van der Waals surface area contributed by atoms with Crippen LogP contribution in [0.3, 0.4) is 0 Å². The molecular formula is C15H9Br2ClINO. The average Bonchev–Trinajstić information content (AvgIpc) is 2.79. The van der Waals surface area contributed by atoms with E-state index in [2.05, 4.69) is 71.9 Å². The maximum Gasteiger partial charge on any atom is 0.228 e. The highest BCUT2D eigenvalue weighted by molar-refractivity contribution is 14.1. The van der Waals surface area contributed by atoms with Gasteiger partial charge in [0.25, 0.3) is 0 Å². The molecule has 1 N–H and O–H groups in total. The Morgan fingerprint density at radius 3 is 2.76 bits per heavy atom. The molecule has 21 heavy (non-hydrogen) atoms. The van der Waals surface area contributed by atoms with Crippen molar-refractivity contribution in [3.05, 3.63) is 60.1 Å². The van der Waals surface area contributed by atoms with Crippen LogP contribution < -0.4 is 5.32 Å². The first-order chi connectivity index (χ1) is 9.95. The highest BCUT2D eigenvalue weighted by atomic mass is 127. The van der Waals surface area contributed by atoms with E-state index in [0.717, 1.165) is 30.4 Å². The number of carbonyl (C=O) groups excluding carboxylic acids is 1. The number of hydrogen-bond donors (Lipinski definition) is 1. The standard InChI is InChI=1S/C15H9Br2ClINO/c16-8-1-2-12(19)10(5-8)15(17)9-3-7-4-14(21)20-13(7)6-11(9)18/h1-3,5-6,15H,4H2,(H,20,21). The number of nitrogens with one attached hydrogen (secondary N) is 1. The number of benzene rings is 2. The molecular weight excluding hydrogens is 532 g/mol. The molecule has 1 atom stereocenters. The first-order valence-corrected chi connectivity index (χ1v) is 9.33. The summed E-state index contributed by atoms with van der Waals surface area (Å²) in [5.41, 5.74) is 3.93. The number of anilines is 1. The van der Waals surface area contributed by atoms with Crippen molar-refractivity contribution in [1.29, 1.82) is 0 Å². The SMILES string of the molecule is O=C1Cc2cc(C(Br)c3cc(Br)ccc3I)c(Cl)cc2N1. The lowest BCUT2D eigenvalue weighted by molar-refractivity contribution is -0.115. The van der Waals surface area contributed by atoms with Crippen molar-refractivity contribution in [2.45, 2.75) is 11.2 Å². The van der Waals surface area contributed by atoms with Gasteiger partial charge in [0, 0.05) is 18.8 Å². The van der Waals surface area contributed by atoms with E-state index in [1.54, 1.807) is 0 Å². The summed E-state index contributed by atoms with van der Waals surface area (Å²) < 4.78 is 2.18. The van der Waals surface area contributed by atoms with Crippen LogP contribution in [0.15, 0.2) is 34.8 Å². The number of halogens is 4. The van der Waals surface area contributed by atoms with E-state index in [-0.39, 0.29) is 10.7 Å². The molecule has 0 bridgehead atoms. The van der Waals surface area contributed by atoms with Gasteiger partial charge in [-0.1, -0.05) is 49.5 Å². The molecule has 2 nitrogen and oxygen atoms in total. The summed E-state index contributed by atoms with van der Waals surface area (Å²) in [6.45, 7) is 0. The number of alkyl halides is 1. The normalized spacial score (nSPS) is 14.8. The van der Waals surface area contributed by atoms with E-state index < -0.39 is 0 Å². The van der Waals surface area contributed by atoms with Gasteiger partial charge in [-0.05, 0) is 63.5 Å². The molecule has 0 radical (unpaired) electrons. The molecule has 1 aliphatic heterocycles. The van der Waals surface area contributed by atoms with Gasteiger partial charge in [-0.15, -0.1) is 0 Å². The minimum Gasteiger partial charge on any atom is -0.325 e. The second-order valence-electron chi connectivity index (χ2n) is 4.78. The van der Waals surface area contributed by atoms with Crippen LogP contribution in [0.2, 0.25) is 5.02 Å². The predicted octanol–water partition coefficient (Wildman–Crippen LogP) is 5.69. The fourth-order valence-corrected chi connectivity index (χ4v) is 4.95. The van der Waals surface area contributed by atoms with Crippen LogP contribution in [0.1, 0.15) is 21.5 Å². The molecule has 6 heteroatoms. The van der Waals surface area contributed by atoms with Gasteiger partial charge in [-0.2, -0.15) is 0 Å². The largest absolute Gasteiger partial charge is 0.325 e. The van der Waals surface area contributed by atoms with Gasteiger partial charge in [-0.3, -0.25) is 4.79 Å². The molecule has 1 heterocycles. The summed E-state index contributed by atoms with van der Waals surface area (Å²) in [7, 11) is 0. The summed E-state index contributed by atoms with van der Waals surface area (Å²) in [5, 5.41) is 3.46. The lowest BCUT2D eigenvalue weighted by atomic mass is 10.0. The molecule has 0 aliphatic carbocycles. The summed E-state index contributed by atoms with van der Waals surface area (Å²) in [5.74, 6) is 0.0152. The second kappa shape index (κ2) is 6.18. The Morgan fingerprint density at radius 2 is 2.00 bits per heavy atom. The monoisotopic (exact) mass is 539 g/mol. The summed E-state index contributed by atoms with van der Waals surface area (Å²) in [6, 6.07) is 9.98. The van der Waals surface area contributed by atoms with E-state index in [0.29, 0.717) is 11.4 Å². The van der Waals surface area contributed by atoms with Crippen molar-refractivity contribution in [3.8, 4) is 0 Å². The molecule has 0 aromatic heterocycles. The van der Waals surface area contributed by atoms with Crippen molar-refractivity contribution in [2.24, 2.45) is 0 Å². The molecule has 1 aliphatic rings. The van der Waals surface area contributed by atoms with E-state index in [4.69, 9.17) is 11.6 Å². The smallest absolute Gasteiger partial charge is 0.228 e. The van der Waals surface area contributed by atoms with Crippen LogP contribution in [0, 0.1) is 3.57 Å². The number of carbonyl (C=O) groups is 1. The fourth-order valence-electron chi connectivity index (χ4n) is 2.34. The van der Waals surface area contributed by atoms with Gasteiger partial charge < -0.3 is 5.32 Å². The van der Waals surface area contributed by atoms with Gasteiger partial charge in [0.1, 0.15) is 0 Å². The van der Waals surface area contributed by atoms with Crippen LogP contribution in [0.5, 0.6) is 0 Å². The highest BCUT2D eigenvalue weighted by Gasteiger charge is 2.23. The van der Waals surface area contributed by atoms with Gasteiger partial charge in [0.2, 0.25) is 5.91 Å². The Hall–Kier alpha value is -0.110. The molecule has 0 saturated carbocycles. The first kappa shape index (κ1) is 15.8. The molecule has 0 saturated heterocycles. The van der Waals surface area contributed by atoms with Crippen molar-refractivity contribution in [1.82, 2.24) is 0 Å². The van der Waals surface area contributed by atoms with Gasteiger partial charge in [0.05, 0.1) is 11.2 Å². The maximum atomic E-state index is 11.5. The van der Waals surface area contributed by atoms with Crippen molar-refractivity contribution < 1.29 is 4.79 Å². The third-order valence-electron chi connectivity index (χ3n) is 3.35. The van der Waals surface area contributed by atoms with Crippen LogP contribution in [-0.4, -0.2) is 5.91 Å². The zero-order valence-electron chi connectivity index (χ0n) is 10.6. The molecule has 0 fully saturated rings. The minimum absolute atomic E-state index is 0.0152. The number of amides is 1. The third kappa shape index (κ3) is 3.16. The predicted molar refractivity (Wildman–Crippen MR) is 101 cm³/mol. The molecule has 2 aromatic carbocycles. The van der Waals surface area contributed by atoms with Crippen molar-refractivity contribution in [3.63, 3.8) is 0 Å². The minimum atomic E-state index is -0.0181. The Bertz CT molecular complexity index is 751. The third-order valence-corrected chi connectivity index (χ3v) is 6.14. The average molecular weight is 541 g/mol. The molecule has 1 unspecified atom stereocenters. The first-order valence-electron chi connectivity index (χ1n) is 6.17. The van der Waals surface area contributed by atoms with E-state index in [1.165, 1.54) is 0 Å². The van der Waals surface area contributed by atoms with Crippen LogP contribution in [0.4, 0.5) is 5.69 Å².